The molecule has 0 atom stereocenters. The Hall–Kier alpha value is -0.893. The number of carbonyl (C=O) groups excluding carboxylic acids is 1. The van der Waals surface area contributed by atoms with Crippen molar-refractivity contribution in [1.29, 1.82) is 0 Å². The standard InChI is InChI=1S/C20H34OSi/c1-4-5-6-7-8-9-10-11-15-18-20(21)22(2,3)19-16-13-12-14-17-19/h12-14,16-17H,4-11,15,18H2,1-3H3. The van der Waals surface area contributed by atoms with E-state index >= 15 is 0 Å². The summed E-state index contributed by atoms with van der Waals surface area (Å²) in [5.74, 6) is 0. The van der Waals surface area contributed by atoms with Crippen molar-refractivity contribution in [3.05, 3.63) is 30.3 Å². The van der Waals surface area contributed by atoms with Crippen LogP contribution in [0.5, 0.6) is 0 Å². The van der Waals surface area contributed by atoms with Gasteiger partial charge >= 0.3 is 0 Å². The zero-order valence-corrected chi connectivity index (χ0v) is 15.9. The first kappa shape index (κ1) is 19.2. The summed E-state index contributed by atoms with van der Waals surface area (Å²) in [5.41, 5.74) is 0. The van der Waals surface area contributed by atoms with Gasteiger partial charge in [0, 0.05) is 6.42 Å². The van der Waals surface area contributed by atoms with E-state index in [0.717, 1.165) is 12.8 Å². The van der Waals surface area contributed by atoms with E-state index in [1.165, 1.54) is 56.6 Å². The zero-order valence-electron chi connectivity index (χ0n) is 14.9. The first-order chi connectivity index (χ1) is 10.6. The van der Waals surface area contributed by atoms with E-state index in [1.807, 2.05) is 6.07 Å². The van der Waals surface area contributed by atoms with Crippen LogP contribution < -0.4 is 5.19 Å². The van der Waals surface area contributed by atoms with Crippen molar-refractivity contribution in [2.75, 3.05) is 0 Å². The molecule has 0 saturated carbocycles. The Morgan fingerprint density at radius 3 is 1.86 bits per heavy atom. The Bertz CT molecular complexity index is 411. The smallest absolute Gasteiger partial charge is 0.157 e. The van der Waals surface area contributed by atoms with Crippen molar-refractivity contribution < 1.29 is 4.79 Å². The van der Waals surface area contributed by atoms with E-state index in [-0.39, 0.29) is 0 Å². The van der Waals surface area contributed by atoms with Gasteiger partial charge in [-0.25, -0.2) is 0 Å². The van der Waals surface area contributed by atoms with Gasteiger partial charge in [0.2, 0.25) is 0 Å². The molecule has 0 N–H and O–H groups in total. The molecule has 1 aromatic carbocycles. The van der Waals surface area contributed by atoms with Gasteiger partial charge in [0.1, 0.15) is 5.41 Å². The molecule has 0 fully saturated rings. The van der Waals surface area contributed by atoms with Gasteiger partial charge in [-0.1, -0.05) is 107 Å². The summed E-state index contributed by atoms with van der Waals surface area (Å²) in [4.78, 5) is 12.5. The Kier molecular flexibility index (Phi) is 9.38. The third kappa shape index (κ3) is 6.91. The highest BCUT2D eigenvalue weighted by atomic mass is 28.3. The average molecular weight is 319 g/mol. The molecule has 0 heterocycles. The van der Waals surface area contributed by atoms with Crippen LogP contribution in [0.1, 0.15) is 71.1 Å². The summed E-state index contributed by atoms with van der Waals surface area (Å²) in [6.07, 6.45) is 12.6. The monoisotopic (exact) mass is 318 g/mol. The molecule has 22 heavy (non-hydrogen) atoms. The van der Waals surface area contributed by atoms with Gasteiger partial charge in [-0.3, -0.25) is 0 Å². The van der Waals surface area contributed by atoms with Crippen molar-refractivity contribution >= 4 is 18.7 Å². The van der Waals surface area contributed by atoms with Crippen LogP contribution in [0.4, 0.5) is 0 Å². The molecule has 1 nitrogen and oxygen atoms in total. The molecule has 0 saturated heterocycles. The van der Waals surface area contributed by atoms with E-state index in [0.29, 0.717) is 5.41 Å². The van der Waals surface area contributed by atoms with Gasteiger partial charge in [0.05, 0.1) is 0 Å². The van der Waals surface area contributed by atoms with Gasteiger partial charge in [-0.2, -0.15) is 0 Å². The SMILES string of the molecule is CCCCCCCCCCCC(=O)[Si](C)(C)c1ccccc1. The van der Waals surface area contributed by atoms with E-state index in [1.54, 1.807) is 0 Å². The molecule has 0 aromatic heterocycles. The summed E-state index contributed by atoms with van der Waals surface area (Å²) in [6.45, 7) is 6.65. The minimum atomic E-state index is -1.91. The quantitative estimate of drug-likeness (QED) is 0.360. The Morgan fingerprint density at radius 2 is 1.32 bits per heavy atom. The van der Waals surface area contributed by atoms with Crippen LogP contribution in [0, 0.1) is 0 Å². The van der Waals surface area contributed by atoms with Crippen molar-refractivity contribution in [2.45, 2.75) is 84.2 Å². The number of unbranched alkanes of at least 4 members (excludes halogenated alkanes) is 8. The second-order valence-corrected chi connectivity index (χ2v) is 11.4. The van der Waals surface area contributed by atoms with Gasteiger partial charge in [-0.05, 0) is 6.42 Å². The van der Waals surface area contributed by atoms with Crippen LogP contribution in [0.2, 0.25) is 13.1 Å². The van der Waals surface area contributed by atoms with E-state index in [2.05, 4.69) is 44.3 Å². The molecule has 0 bridgehead atoms. The highest BCUT2D eigenvalue weighted by molar-refractivity contribution is 7.13. The fourth-order valence-corrected chi connectivity index (χ4v) is 5.07. The second kappa shape index (κ2) is 10.8. The van der Waals surface area contributed by atoms with Crippen molar-refractivity contribution in [3.8, 4) is 0 Å². The average Bonchev–Trinajstić information content (AvgIpc) is 2.54. The summed E-state index contributed by atoms with van der Waals surface area (Å²) in [7, 11) is -1.91. The van der Waals surface area contributed by atoms with Gasteiger partial charge < -0.3 is 4.79 Å². The number of benzene rings is 1. The number of rotatable bonds is 12. The summed E-state index contributed by atoms with van der Waals surface area (Å²) < 4.78 is 0. The topological polar surface area (TPSA) is 17.1 Å². The van der Waals surface area contributed by atoms with Crippen molar-refractivity contribution in [2.24, 2.45) is 0 Å². The first-order valence-corrected chi connectivity index (χ1v) is 12.2. The predicted octanol–water partition coefficient (Wildman–Crippen LogP) is 5.63. The van der Waals surface area contributed by atoms with Gasteiger partial charge in [-0.15, -0.1) is 0 Å². The maximum atomic E-state index is 12.5. The molecule has 0 aliphatic rings. The Balaban J connectivity index is 2.15. The molecule has 1 rings (SSSR count). The van der Waals surface area contributed by atoms with Crippen molar-refractivity contribution in [3.63, 3.8) is 0 Å². The van der Waals surface area contributed by atoms with Crippen LogP contribution >= 0.6 is 0 Å². The molecule has 0 aliphatic carbocycles. The molecule has 0 spiro atoms. The lowest BCUT2D eigenvalue weighted by Crippen LogP contribution is -2.49. The maximum absolute atomic E-state index is 12.5. The van der Waals surface area contributed by atoms with E-state index in [9.17, 15) is 4.79 Å². The van der Waals surface area contributed by atoms with Gasteiger partial charge in [0.25, 0.3) is 0 Å². The summed E-state index contributed by atoms with van der Waals surface area (Å²) >= 11 is 0. The highest BCUT2D eigenvalue weighted by Crippen LogP contribution is 2.13. The third-order valence-corrected chi connectivity index (χ3v) is 8.12. The van der Waals surface area contributed by atoms with Crippen LogP contribution in [-0.4, -0.2) is 13.5 Å². The molecule has 0 amide bonds. The normalized spacial score (nSPS) is 11.6. The lowest BCUT2D eigenvalue weighted by Gasteiger charge is -2.21. The molecule has 124 valence electrons. The van der Waals surface area contributed by atoms with E-state index in [4.69, 9.17) is 0 Å². The molecule has 0 radical (unpaired) electrons. The lowest BCUT2D eigenvalue weighted by atomic mass is 10.1. The molecule has 0 aliphatic heterocycles. The fraction of sp³-hybridized carbons (Fsp3) is 0.650. The van der Waals surface area contributed by atoms with Crippen LogP contribution in [0.3, 0.4) is 0 Å². The predicted molar refractivity (Wildman–Crippen MR) is 100 cm³/mol. The van der Waals surface area contributed by atoms with E-state index < -0.39 is 8.07 Å². The van der Waals surface area contributed by atoms with Crippen LogP contribution in [0.15, 0.2) is 30.3 Å². The number of hydrogen-bond donors (Lipinski definition) is 0. The largest absolute Gasteiger partial charge is 0.305 e. The molecular weight excluding hydrogens is 284 g/mol. The summed E-state index contributed by atoms with van der Waals surface area (Å²) in [6, 6.07) is 10.4. The van der Waals surface area contributed by atoms with Crippen LogP contribution in [-0.2, 0) is 4.79 Å². The van der Waals surface area contributed by atoms with Gasteiger partial charge in [0.15, 0.2) is 8.07 Å². The third-order valence-electron chi connectivity index (χ3n) is 4.70. The number of carbonyl (C=O) groups is 1. The molecule has 0 unspecified atom stereocenters. The Labute approximate surface area is 138 Å². The second-order valence-electron chi connectivity index (χ2n) is 6.99. The molecule has 1 aromatic rings. The zero-order chi connectivity index (χ0) is 16.3. The lowest BCUT2D eigenvalue weighted by molar-refractivity contribution is -0.112. The minimum absolute atomic E-state index is 0.515. The minimum Gasteiger partial charge on any atom is -0.305 e. The van der Waals surface area contributed by atoms with Crippen molar-refractivity contribution in [1.82, 2.24) is 0 Å². The summed E-state index contributed by atoms with van der Waals surface area (Å²) in [5, 5.41) is 1.79. The highest BCUT2D eigenvalue weighted by Gasteiger charge is 2.31. The fourth-order valence-electron chi connectivity index (χ4n) is 2.92. The maximum Gasteiger partial charge on any atom is 0.157 e. The van der Waals surface area contributed by atoms with Crippen LogP contribution in [0.25, 0.3) is 0 Å². The molecular formula is C20H34OSi. The first-order valence-electron chi connectivity index (χ1n) is 9.18. The Morgan fingerprint density at radius 1 is 0.818 bits per heavy atom. The molecule has 2 heteroatoms. The number of hydrogen-bond acceptors (Lipinski definition) is 1.